The zero-order chi connectivity index (χ0) is 21.0. The Bertz CT molecular complexity index is 1150. The van der Waals surface area contributed by atoms with Crippen LogP contribution in [0, 0.1) is 29.6 Å². The molecule has 0 aliphatic rings. The summed E-state index contributed by atoms with van der Waals surface area (Å²) >= 11 is 2.51. The summed E-state index contributed by atoms with van der Waals surface area (Å²) in [7, 11) is 0. The number of hydrogen-bond acceptors (Lipinski definition) is 8. The van der Waals surface area contributed by atoms with Gasteiger partial charge in [0.15, 0.2) is 0 Å². The van der Waals surface area contributed by atoms with E-state index in [0.29, 0.717) is 16.4 Å². The van der Waals surface area contributed by atoms with Crippen molar-refractivity contribution in [3.8, 4) is 22.6 Å². The first-order valence-electron chi connectivity index (χ1n) is 8.52. The zero-order valence-corrected chi connectivity index (χ0v) is 17.3. The van der Waals surface area contributed by atoms with Crippen LogP contribution in [0.3, 0.4) is 0 Å². The molecule has 3 N–H and O–H groups in total. The Morgan fingerprint density at radius 3 is 2.69 bits per heavy atom. The minimum Gasteiger partial charge on any atom is -0.383 e. The molecule has 29 heavy (non-hydrogen) atoms. The van der Waals surface area contributed by atoms with Gasteiger partial charge >= 0.3 is 0 Å². The minimum atomic E-state index is -0.569. The van der Waals surface area contributed by atoms with Crippen molar-refractivity contribution >= 4 is 40.6 Å². The second kappa shape index (κ2) is 8.74. The topological polar surface area (TPSA) is 128 Å². The number of thiophene rings is 1. The van der Waals surface area contributed by atoms with E-state index in [4.69, 9.17) is 5.73 Å². The van der Waals surface area contributed by atoms with Gasteiger partial charge in [0, 0.05) is 16.6 Å². The highest BCUT2D eigenvalue weighted by Crippen LogP contribution is 2.38. The number of nitrogens with one attached hydrogen (secondary N) is 1. The Morgan fingerprint density at radius 2 is 2.07 bits per heavy atom. The van der Waals surface area contributed by atoms with Crippen LogP contribution in [0.5, 0.6) is 0 Å². The number of hydrogen-bond donors (Lipinski definition) is 2. The second-order valence-electron chi connectivity index (χ2n) is 6.10. The Hall–Kier alpha value is -3.40. The van der Waals surface area contributed by atoms with Crippen LogP contribution in [-0.2, 0) is 4.79 Å². The van der Waals surface area contributed by atoms with E-state index in [0.717, 1.165) is 22.2 Å². The van der Waals surface area contributed by atoms with E-state index < -0.39 is 5.25 Å². The fourth-order valence-corrected chi connectivity index (χ4v) is 4.30. The lowest BCUT2D eigenvalue weighted by Gasteiger charge is -2.15. The SMILES string of the molecule is Cc1ccnc(NC(=O)C(C)Sc2nc(N)c(C#N)c(-c3cccs3)c2C#N)c1. The number of nitrogens with two attached hydrogens (primary N) is 1. The van der Waals surface area contributed by atoms with E-state index >= 15 is 0 Å². The van der Waals surface area contributed by atoms with E-state index in [1.165, 1.54) is 11.3 Å². The largest absolute Gasteiger partial charge is 0.383 e. The molecule has 0 spiro atoms. The Labute approximate surface area is 176 Å². The van der Waals surface area contributed by atoms with Gasteiger partial charge < -0.3 is 11.1 Å². The molecule has 0 fully saturated rings. The quantitative estimate of drug-likeness (QED) is 0.598. The summed E-state index contributed by atoms with van der Waals surface area (Å²) in [5.41, 5.74) is 7.81. The number of carbonyl (C=O) groups is 1. The van der Waals surface area contributed by atoms with Gasteiger partial charge in [0.25, 0.3) is 0 Å². The smallest absolute Gasteiger partial charge is 0.238 e. The number of anilines is 2. The maximum absolute atomic E-state index is 12.6. The van der Waals surface area contributed by atoms with Crippen LogP contribution in [0.1, 0.15) is 23.6 Å². The molecule has 3 aromatic heterocycles. The van der Waals surface area contributed by atoms with Crippen LogP contribution in [0.2, 0.25) is 0 Å². The third-order valence-electron chi connectivity index (χ3n) is 4.01. The lowest BCUT2D eigenvalue weighted by molar-refractivity contribution is -0.115. The lowest BCUT2D eigenvalue weighted by atomic mass is 10.0. The van der Waals surface area contributed by atoms with Gasteiger partial charge in [-0.3, -0.25) is 4.79 Å². The first kappa shape index (κ1) is 20.3. The molecule has 1 amide bonds. The number of aryl methyl sites for hydroxylation is 1. The van der Waals surface area contributed by atoms with Crippen LogP contribution in [0.25, 0.3) is 10.4 Å². The molecular weight excluding hydrogens is 404 g/mol. The molecule has 3 rings (SSSR count). The molecule has 0 aromatic carbocycles. The van der Waals surface area contributed by atoms with Crippen LogP contribution in [-0.4, -0.2) is 21.1 Å². The normalized spacial score (nSPS) is 11.3. The van der Waals surface area contributed by atoms with E-state index in [1.807, 2.05) is 36.6 Å². The maximum Gasteiger partial charge on any atom is 0.238 e. The van der Waals surface area contributed by atoms with Crippen molar-refractivity contribution < 1.29 is 4.79 Å². The highest BCUT2D eigenvalue weighted by molar-refractivity contribution is 8.00. The molecule has 3 aromatic rings. The first-order chi connectivity index (χ1) is 13.9. The van der Waals surface area contributed by atoms with Crippen LogP contribution < -0.4 is 11.1 Å². The molecule has 0 aliphatic heterocycles. The average molecular weight is 421 g/mol. The average Bonchev–Trinajstić information content (AvgIpc) is 3.22. The molecule has 1 unspecified atom stereocenters. The van der Waals surface area contributed by atoms with E-state index in [-0.39, 0.29) is 22.9 Å². The summed E-state index contributed by atoms with van der Waals surface area (Å²) in [5, 5.41) is 23.6. The first-order valence-corrected chi connectivity index (χ1v) is 10.3. The van der Waals surface area contributed by atoms with Crippen LogP contribution in [0.4, 0.5) is 11.6 Å². The van der Waals surface area contributed by atoms with Gasteiger partial charge in [-0.05, 0) is 43.0 Å². The van der Waals surface area contributed by atoms with Gasteiger partial charge in [0.05, 0.1) is 10.8 Å². The minimum absolute atomic E-state index is 0.0327. The predicted octanol–water partition coefficient (Wildman–Crippen LogP) is 3.96. The fraction of sp³-hybridized carbons (Fsp3) is 0.150. The molecule has 9 heteroatoms. The van der Waals surface area contributed by atoms with Gasteiger partial charge in [-0.15, -0.1) is 11.3 Å². The number of pyridine rings is 2. The Kier molecular flexibility index (Phi) is 6.13. The summed E-state index contributed by atoms with van der Waals surface area (Å²) in [6.07, 6.45) is 1.62. The van der Waals surface area contributed by atoms with Crippen molar-refractivity contribution in [1.29, 1.82) is 10.5 Å². The van der Waals surface area contributed by atoms with Gasteiger partial charge in [-0.1, -0.05) is 17.8 Å². The number of aromatic nitrogens is 2. The number of nitrogens with zero attached hydrogens (tertiary/aromatic N) is 4. The van der Waals surface area contributed by atoms with Gasteiger partial charge in [-0.25, -0.2) is 9.97 Å². The Balaban J connectivity index is 1.94. The molecule has 0 aliphatic carbocycles. The maximum atomic E-state index is 12.6. The van der Waals surface area contributed by atoms with Gasteiger partial charge in [0.1, 0.15) is 34.4 Å². The fourth-order valence-electron chi connectivity index (χ4n) is 2.60. The van der Waals surface area contributed by atoms with Gasteiger partial charge in [0.2, 0.25) is 5.91 Å². The number of amides is 1. The summed E-state index contributed by atoms with van der Waals surface area (Å²) in [5.74, 6) is 0.208. The summed E-state index contributed by atoms with van der Waals surface area (Å²) in [6, 6.07) is 11.4. The summed E-state index contributed by atoms with van der Waals surface area (Å²) in [4.78, 5) is 21.7. The van der Waals surface area contributed by atoms with Crippen molar-refractivity contribution in [2.45, 2.75) is 24.1 Å². The monoisotopic (exact) mass is 420 g/mol. The highest BCUT2D eigenvalue weighted by Gasteiger charge is 2.24. The third-order valence-corrected chi connectivity index (χ3v) is 5.98. The van der Waals surface area contributed by atoms with E-state index in [1.54, 1.807) is 19.2 Å². The van der Waals surface area contributed by atoms with Crippen LogP contribution >= 0.6 is 23.1 Å². The molecule has 1 atom stereocenters. The predicted molar refractivity (Wildman–Crippen MR) is 114 cm³/mol. The number of thioether (sulfide) groups is 1. The molecule has 7 nitrogen and oxygen atoms in total. The number of nitrogen functional groups attached to an aromatic ring is 1. The molecule has 3 heterocycles. The molecule has 144 valence electrons. The standard InChI is InChI=1S/C20H16N6OS2/c1-11-5-6-24-16(8-11)25-19(27)12(2)29-20-14(10-22)17(15-4-3-7-28-15)13(9-21)18(23)26-20/h3-8,12H,1-2H3,(H2,23,26)(H,24,25,27). The third kappa shape index (κ3) is 4.37. The summed E-state index contributed by atoms with van der Waals surface area (Å²) in [6.45, 7) is 3.61. The molecule has 0 bridgehead atoms. The number of rotatable bonds is 5. The van der Waals surface area contributed by atoms with Crippen LogP contribution in [0.15, 0.2) is 40.9 Å². The second-order valence-corrected chi connectivity index (χ2v) is 8.37. The number of carbonyl (C=O) groups excluding carboxylic acids is 1. The van der Waals surface area contributed by atoms with Crippen molar-refractivity contribution in [3.63, 3.8) is 0 Å². The zero-order valence-electron chi connectivity index (χ0n) is 15.6. The van der Waals surface area contributed by atoms with Crippen molar-refractivity contribution in [2.75, 3.05) is 11.1 Å². The highest BCUT2D eigenvalue weighted by atomic mass is 32.2. The van der Waals surface area contributed by atoms with E-state index in [2.05, 4.69) is 21.4 Å². The van der Waals surface area contributed by atoms with Gasteiger partial charge in [-0.2, -0.15) is 10.5 Å². The van der Waals surface area contributed by atoms with Crippen molar-refractivity contribution in [1.82, 2.24) is 9.97 Å². The molecular formula is C20H16N6OS2. The Morgan fingerprint density at radius 1 is 1.31 bits per heavy atom. The lowest BCUT2D eigenvalue weighted by Crippen LogP contribution is -2.23. The van der Waals surface area contributed by atoms with E-state index in [9.17, 15) is 15.3 Å². The van der Waals surface area contributed by atoms with Crippen molar-refractivity contribution in [2.24, 2.45) is 0 Å². The number of nitriles is 2. The molecule has 0 saturated carbocycles. The van der Waals surface area contributed by atoms with Crippen molar-refractivity contribution in [3.05, 3.63) is 52.5 Å². The summed E-state index contributed by atoms with van der Waals surface area (Å²) < 4.78 is 0. The molecule has 0 radical (unpaired) electrons. The molecule has 0 saturated heterocycles.